The highest BCUT2D eigenvalue weighted by Crippen LogP contribution is 2.30. The summed E-state index contributed by atoms with van der Waals surface area (Å²) < 4.78 is 7.50. The maximum absolute atomic E-state index is 12.9. The SMILES string of the molecule is CC1(C)OC(c2cn(-c3cccnc3)nc2Cl)=NN1C(=O)c1ccc(Cl)cc1. The van der Waals surface area contributed by atoms with Gasteiger partial charge in [0.1, 0.15) is 0 Å². The molecule has 7 nitrogen and oxygen atoms in total. The van der Waals surface area contributed by atoms with Crippen LogP contribution in [0.2, 0.25) is 10.2 Å². The number of rotatable bonds is 3. The summed E-state index contributed by atoms with van der Waals surface area (Å²) >= 11 is 12.2. The summed E-state index contributed by atoms with van der Waals surface area (Å²) in [5.41, 5.74) is 0.669. The first-order valence-electron chi connectivity index (χ1n) is 8.39. The molecular weight excluding hydrogens is 401 g/mol. The second kappa shape index (κ2) is 6.92. The zero-order valence-electron chi connectivity index (χ0n) is 15.0. The van der Waals surface area contributed by atoms with E-state index in [1.165, 1.54) is 5.01 Å². The van der Waals surface area contributed by atoms with Gasteiger partial charge in [-0.25, -0.2) is 4.68 Å². The maximum atomic E-state index is 12.9. The fourth-order valence-corrected chi connectivity index (χ4v) is 3.08. The first-order valence-corrected chi connectivity index (χ1v) is 9.14. The lowest BCUT2D eigenvalue weighted by atomic mass is 10.2. The molecule has 3 heterocycles. The molecule has 0 saturated heterocycles. The summed E-state index contributed by atoms with van der Waals surface area (Å²) in [6, 6.07) is 10.2. The average Bonchev–Trinajstić information content (AvgIpc) is 3.21. The quantitative estimate of drug-likeness (QED) is 0.643. The van der Waals surface area contributed by atoms with Crippen LogP contribution in [0.5, 0.6) is 0 Å². The Morgan fingerprint density at radius 1 is 1.14 bits per heavy atom. The molecule has 1 aromatic carbocycles. The molecule has 2 aromatic heterocycles. The topological polar surface area (TPSA) is 72.6 Å². The van der Waals surface area contributed by atoms with Gasteiger partial charge in [0.05, 0.1) is 17.4 Å². The Bertz CT molecular complexity index is 1060. The molecule has 9 heteroatoms. The van der Waals surface area contributed by atoms with Gasteiger partial charge in [-0.3, -0.25) is 9.78 Å². The summed E-state index contributed by atoms with van der Waals surface area (Å²) in [5.74, 6) is -0.0973. The second-order valence-electron chi connectivity index (χ2n) is 6.57. The summed E-state index contributed by atoms with van der Waals surface area (Å²) in [6.07, 6.45) is 5.01. The van der Waals surface area contributed by atoms with E-state index in [1.807, 2.05) is 6.07 Å². The van der Waals surface area contributed by atoms with Crippen molar-refractivity contribution in [2.24, 2.45) is 5.10 Å². The molecule has 142 valence electrons. The van der Waals surface area contributed by atoms with E-state index in [4.69, 9.17) is 27.9 Å². The molecule has 0 fully saturated rings. The number of hydrazone groups is 1. The fraction of sp³-hybridized carbons (Fsp3) is 0.158. The van der Waals surface area contributed by atoms with Crippen molar-refractivity contribution in [1.29, 1.82) is 0 Å². The highest BCUT2D eigenvalue weighted by Gasteiger charge is 2.41. The van der Waals surface area contributed by atoms with E-state index in [0.717, 1.165) is 5.69 Å². The van der Waals surface area contributed by atoms with E-state index in [9.17, 15) is 4.79 Å². The van der Waals surface area contributed by atoms with Crippen LogP contribution < -0.4 is 0 Å². The molecule has 1 amide bonds. The molecule has 0 spiro atoms. The first kappa shape index (κ1) is 18.5. The molecule has 0 bridgehead atoms. The highest BCUT2D eigenvalue weighted by atomic mass is 35.5. The summed E-state index contributed by atoms with van der Waals surface area (Å²) in [7, 11) is 0. The van der Waals surface area contributed by atoms with Gasteiger partial charge in [-0.05, 0) is 50.2 Å². The van der Waals surface area contributed by atoms with Gasteiger partial charge in [-0.2, -0.15) is 10.1 Å². The maximum Gasteiger partial charge on any atom is 0.277 e. The Labute approximate surface area is 171 Å². The predicted molar refractivity (Wildman–Crippen MR) is 106 cm³/mol. The summed E-state index contributed by atoms with van der Waals surface area (Å²) in [5, 5.41) is 10.7. The number of ether oxygens (including phenoxy) is 1. The summed E-state index contributed by atoms with van der Waals surface area (Å²) in [4.78, 5) is 17.0. The number of carbonyl (C=O) groups excluding carboxylic acids is 1. The largest absolute Gasteiger partial charge is 0.448 e. The van der Waals surface area contributed by atoms with E-state index in [0.29, 0.717) is 16.1 Å². The average molecular weight is 416 g/mol. The molecule has 0 radical (unpaired) electrons. The van der Waals surface area contributed by atoms with Gasteiger partial charge >= 0.3 is 0 Å². The van der Waals surface area contributed by atoms with Gasteiger partial charge in [0.25, 0.3) is 5.91 Å². The Kier molecular flexibility index (Phi) is 4.56. The van der Waals surface area contributed by atoms with E-state index in [2.05, 4.69) is 15.2 Å². The van der Waals surface area contributed by atoms with Gasteiger partial charge in [-0.1, -0.05) is 23.2 Å². The highest BCUT2D eigenvalue weighted by molar-refractivity contribution is 6.32. The predicted octanol–water partition coefficient (Wildman–Crippen LogP) is 4.14. The Morgan fingerprint density at radius 2 is 1.89 bits per heavy atom. The van der Waals surface area contributed by atoms with Crippen LogP contribution in [0.1, 0.15) is 29.8 Å². The monoisotopic (exact) mass is 415 g/mol. The number of hydrogen-bond donors (Lipinski definition) is 0. The van der Waals surface area contributed by atoms with Crippen LogP contribution >= 0.6 is 23.2 Å². The Hall–Kier alpha value is -2.90. The van der Waals surface area contributed by atoms with E-state index in [1.54, 1.807) is 67.5 Å². The lowest BCUT2D eigenvalue weighted by Crippen LogP contribution is -2.42. The molecular formula is C19H15Cl2N5O2. The van der Waals surface area contributed by atoms with Gasteiger partial charge in [0, 0.05) is 23.0 Å². The van der Waals surface area contributed by atoms with Crippen LogP contribution in [-0.4, -0.2) is 37.3 Å². The molecule has 0 aliphatic carbocycles. The smallest absolute Gasteiger partial charge is 0.277 e. The van der Waals surface area contributed by atoms with Gasteiger partial charge in [0.15, 0.2) is 5.15 Å². The number of nitrogens with zero attached hydrogens (tertiary/aromatic N) is 5. The van der Waals surface area contributed by atoms with Crippen molar-refractivity contribution in [1.82, 2.24) is 19.8 Å². The molecule has 4 rings (SSSR count). The van der Waals surface area contributed by atoms with E-state index < -0.39 is 5.72 Å². The van der Waals surface area contributed by atoms with E-state index in [-0.39, 0.29) is 17.0 Å². The van der Waals surface area contributed by atoms with Crippen LogP contribution in [0, 0.1) is 0 Å². The lowest BCUT2D eigenvalue weighted by Gasteiger charge is -2.27. The number of aromatic nitrogens is 3. The van der Waals surface area contributed by atoms with Gasteiger partial charge < -0.3 is 4.74 Å². The minimum absolute atomic E-state index is 0.208. The number of halogens is 2. The number of benzene rings is 1. The van der Waals surface area contributed by atoms with Crippen molar-refractivity contribution in [3.05, 3.63) is 76.3 Å². The van der Waals surface area contributed by atoms with Crippen LogP contribution in [0.25, 0.3) is 5.69 Å². The van der Waals surface area contributed by atoms with Crippen LogP contribution in [0.4, 0.5) is 0 Å². The fourth-order valence-electron chi connectivity index (χ4n) is 2.74. The van der Waals surface area contributed by atoms with Crippen molar-refractivity contribution in [2.45, 2.75) is 19.6 Å². The molecule has 0 unspecified atom stereocenters. The second-order valence-corrected chi connectivity index (χ2v) is 7.36. The number of hydrogen-bond acceptors (Lipinski definition) is 5. The minimum Gasteiger partial charge on any atom is -0.448 e. The molecule has 0 saturated carbocycles. The number of amides is 1. The number of pyridine rings is 1. The Morgan fingerprint density at radius 3 is 2.57 bits per heavy atom. The van der Waals surface area contributed by atoms with Crippen LogP contribution in [0.3, 0.4) is 0 Å². The molecule has 1 aliphatic rings. The summed E-state index contributed by atoms with van der Waals surface area (Å²) in [6.45, 7) is 3.49. The zero-order valence-corrected chi connectivity index (χ0v) is 16.5. The zero-order chi connectivity index (χ0) is 19.9. The van der Waals surface area contributed by atoms with E-state index >= 15 is 0 Å². The van der Waals surface area contributed by atoms with Crippen molar-refractivity contribution in [2.75, 3.05) is 0 Å². The third-order valence-electron chi connectivity index (χ3n) is 4.14. The standard InChI is InChI=1S/C19H15Cl2N5O2/c1-19(2)26(18(27)12-5-7-13(20)8-6-12)24-17(28-19)15-11-25(23-16(15)21)14-4-3-9-22-10-14/h3-11H,1-2H3. The molecule has 28 heavy (non-hydrogen) atoms. The molecule has 3 aromatic rings. The first-order chi connectivity index (χ1) is 13.3. The lowest BCUT2D eigenvalue weighted by molar-refractivity contribution is -0.0173. The normalized spacial score (nSPS) is 15.3. The van der Waals surface area contributed by atoms with Crippen molar-refractivity contribution >= 4 is 35.0 Å². The molecule has 0 N–H and O–H groups in total. The number of carbonyl (C=O) groups is 1. The van der Waals surface area contributed by atoms with Crippen molar-refractivity contribution in [3.8, 4) is 5.69 Å². The molecule has 0 atom stereocenters. The van der Waals surface area contributed by atoms with Gasteiger partial charge in [-0.15, -0.1) is 5.10 Å². The van der Waals surface area contributed by atoms with Crippen LogP contribution in [0.15, 0.2) is 60.1 Å². The van der Waals surface area contributed by atoms with Crippen molar-refractivity contribution in [3.63, 3.8) is 0 Å². The Balaban J connectivity index is 1.68. The van der Waals surface area contributed by atoms with Crippen molar-refractivity contribution < 1.29 is 9.53 Å². The van der Waals surface area contributed by atoms with Gasteiger partial charge in [0.2, 0.25) is 11.6 Å². The third-order valence-corrected chi connectivity index (χ3v) is 4.67. The van der Waals surface area contributed by atoms with Crippen LogP contribution in [-0.2, 0) is 4.74 Å². The molecule has 1 aliphatic heterocycles. The minimum atomic E-state index is -0.994. The third kappa shape index (κ3) is 3.34.